The molecule has 0 unspecified atom stereocenters. The minimum atomic E-state index is -0.396. The summed E-state index contributed by atoms with van der Waals surface area (Å²) in [6.07, 6.45) is 3.25. The summed E-state index contributed by atoms with van der Waals surface area (Å²) in [6, 6.07) is 25.2. The Hall–Kier alpha value is -4.49. The van der Waals surface area contributed by atoms with Crippen LogP contribution in [0.5, 0.6) is 0 Å². The fourth-order valence-corrected chi connectivity index (χ4v) is 3.58. The largest absolute Gasteiger partial charge is 0.321 e. The highest BCUT2D eigenvalue weighted by Crippen LogP contribution is 2.24. The fourth-order valence-electron chi connectivity index (χ4n) is 3.47. The summed E-state index contributed by atoms with van der Waals surface area (Å²) in [4.78, 5) is 29.9. The van der Waals surface area contributed by atoms with Crippen LogP contribution in [0.1, 0.15) is 26.3 Å². The van der Waals surface area contributed by atoms with E-state index in [1.165, 1.54) is 6.20 Å². The molecule has 8 heteroatoms. The number of rotatable bonds is 7. The average Bonchev–Trinajstić information content (AvgIpc) is 2.89. The number of pyridine rings is 1. The fraction of sp³-hybridized carbons (Fsp3) is 0.0714. The first kappa shape index (κ1) is 24.6. The molecule has 2 amide bonds. The summed E-state index contributed by atoms with van der Waals surface area (Å²) in [6.45, 7) is 0. The summed E-state index contributed by atoms with van der Waals surface area (Å²) in [7, 11) is 3.73. The first-order valence-corrected chi connectivity index (χ1v) is 11.5. The number of nitrogens with zero attached hydrogens (tertiary/aromatic N) is 3. The molecule has 0 saturated carbocycles. The lowest BCUT2D eigenvalue weighted by molar-refractivity contribution is 0.102. The number of anilines is 2. The topological polar surface area (TPSA) is 86.7 Å². The molecule has 0 bridgehead atoms. The molecule has 36 heavy (non-hydrogen) atoms. The van der Waals surface area contributed by atoms with E-state index in [0.717, 1.165) is 16.7 Å². The van der Waals surface area contributed by atoms with Gasteiger partial charge in [-0.1, -0.05) is 60.1 Å². The average molecular weight is 498 g/mol. The van der Waals surface area contributed by atoms with Gasteiger partial charge in [0.2, 0.25) is 0 Å². The number of carbonyl (C=O) groups excluding carboxylic acids is 2. The maximum absolute atomic E-state index is 13.0. The maximum Gasteiger partial charge on any atom is 0.258 e. The van der Waals surface area contributed by atoms with Gasteiger partial charge in [0.05, 0.1) is 22.5 Å². The van der Waals surface area contributed by atoms with Crippen LogP contribution in [0, 0.1) is 0 Å². The van der Waals surface area contributed by atoms with Crippen LogP contribution in [0.2, 0.25) is 5.02 Å². The maximum atomic E-state index is 13.0. The van der Waals surface area contributed by atoms with Crippen LogP contribution in [0.4, 0.5) is 11.5 Å². The van der Waals surface area contributed by atoms with E-state index in [-0.39, 0.29) is 5.91 Å². The molecule has 1 aromatic heterocycles. The van der Waals surface area contributed by atoms with Gasteiger partial charge in [-0.05, 0) is 47.5 Å². The van der Waals surface area contributed by atoms with Crippen molar-refractivity contribution in [3.8, 4) is 11.1 Å². The molecule has 4 aromatic rings. The minimum Gasteiger partial charge on any atom is -0.321 e. The van der Waals surface area contributed by atoms with Crippen molar-refractivity contribution in [3.05, 3.63) is 113 Å². The van der Waals surface area contributed by atoms with Crippen LogP contribution in [0.3, 0.4) is 0 Å². The van der Waals surface area contributed by atoms with Crippen molar-refractivity contribution in [1.29, 1.82) is 0 Å². The number of hydrogen-bond acceptors (Lipinski definition) is 5. The number of para-hydroxylation sites is 1. The Bertz CT molecular complexity index is 1400. The lowest BCUT2D eigenvalue weighted by atomic mass is 9.99. The van der Waals surface area contributed by atoms with Gasteiger partial charge >= 0.3 is 0 Å². The van der Waals surface area contributed by atoms with E-state index in [0.29, 0.717) is 27.7 Å². The number of aromatic nitrogens is 1. The highest BCUT2D eigenvalue weighted by Gasteiger charge is 2.15. The van der Waals surface area contributed by atoms with Gasteiger partial charge in [0.25, 0.3) is 11.8 Å². The lowest BCUT2D eigenvalue weighted by Crippen LogP contribution is -2.18. The number of hydrazone groups is 1. The quantitative estimate of drug-likeness (QED) is 0.249. The van der Waals surface area contributed by atoms with Crippen LogP contribution in [0.15, 0.2) is 96.2 Å². The van der Waals surface area contributed by atoms with Gasteiger partial charge in [0, 0.05) is 31.4 Å². The van der Waals surface area contributed by atoms with E-state index in [4.69, 9.17) is 11.6 Å². The van der Waals surface area contributed by atoms with Crippen molar-refractivity contribution in [3.63, 3.8) is 0 Å². The zero-order valence-electron chi connectivity index (χ0n) is 19.8. The van der Waals surface area contributed by atoms with Crippen molar-refractivity contribution >= 4 is 41.1 Å². The molecule has 0 aliphatic carbocycles. The predicted molar refractivity (Wildman–Crippen MR) is 145 cm³/mol. The van der Waals surface area contributed by atoms with E-state index in [1.54, 1.807) is 59.8 Å². The molecule has 0 atom stereocenters. The Kier molecular flexibility index (Phi) is 7.72. The highest BCUT2D eigenvalue weighted by molar-refractivity contribution is 6.30. The second-order valence-electron chi connectivity index (χ2n) is 8.07. The normalized spacial score (nSPS) is 10.8. The third-order valence-corrected chi connectivity index (χ3v) is 5.46. The molecule has 0 fully saturated rings. The van der Waals surface area contributed by atoms with Crippen LogP contribution >= 0.6 is 11.6 Å². The third-order valence-electron chi connectivity index (χ3n) is 5.24. The number of nitrogens with one attached hydrogen (secondary N) is 2. The van der Waals surface area contributed by atoms with Crippen LogP contribution in [-0.2, 0) is 0 Å². The SMILES string of the molecule is CN(C)N=Cc1ccccc1-c1ccc(C(=O)Nc2ccccc2C(=O)Nc2ccc(Cl)cn2)cc1. The van der Waals surface area contributed by atoms with Gasteiger partial charge in [-0.2, -0.15) is 5.10 Å². The van der Waals surface area contributed by atoms with Crippen LogP contribution < -0.4 is 10.6 Å². The number of benzene rings is 3. The Labute approximate surface area is 214 Å². The first-order valence-electron chi connectivity index (χ1n) is 11.1. The van der Waals surface area contributed by atoms with Crippen molar-refractivity contribution in [2.45, 2.75) is 0 Å². The summed E-state index contributed by atoms with van der Waals surface area (Å²) < 4.78 is 0. The zero-order valence-corrected chi connectivity index (χ0v) is 20.5. The van der Waals surface area contributed by atoms with Gasteiger partial charge < -0.3 is 15.6 Å². The smallest absolute Gasteiger partial charge is 0.258 e. The standard InChI is InChI=1S/C28H24ClN5O2/c1-34(2)31-17-21-7-3-4-8-23(21)19-11-13-20(14-12-19)27(35)32-25-10-6-5-9-24(25)28(36)33-26-16-15-22(29)18-30-26/h3-18H,1-2H3,(H,32,35)(H,30,33,36). The van der Waals surface area contributed by atoms with E-state index >= 15 is 0 Å². The van der Waals surface area contributed by atoms with Crippen molar-refractivity contribution in [2.75, 3.05) is 24.7 Å². The van der Waals surface area contributed by atoms with E-state index in [9.17, 15) is 9.59 Å². The molecule has 0 saturated heterocycles. The van der Waals surface area contributed by atoms with Crippen LogP contribution in [0.25, 0.3) is 11.1 Å². The summed E-state index contributed by atoms with van der Waals surface area (Å²) in [5.41, 5.74) is 4.11. The van der Waals surface area contributed by atoms with Gasteiger partial charge in [0.15, 0.2) is 0 Å². The monoisotopic (exact) mass is 497 g/mol. The molecule has 3 aromatic carbocycles. The number of amides is 2. The van der Waals surface area contributed by atoms with Gasteiger partial charge in [-0.15, -0.1) is 0 Å². The molecule has 2 N–H and O–H groups in total. The van der Waals surface area contributed by atoms with Crippen molar-refractivity contribution in [2.24, 2.45) is 5.10 Å². The second-order valence-corrected chi connectivity index (χ2v) is 8.51. The molecule has 180 valence electrons. The number of hydrogen-bond donors (Lipinski definition) is 2. The Morgan fingerprint density at radius 1 is 0.861 bits per heavy atom. The lowest BCUT2D eigenvalue weighted by Gasteiger charge is -2.12. The minimum absolute atomic E-state index is 0.313. The predicted octanol–water partition coefficient (Wildman–Crippen LogP) is 5.80. The second kappa shape index (κ2) is 11.3. The van der Waals surface area contributed by atoms with Gasteiger partial charge in [-0.25, -0.2) is 4.98 Å². The molecule has 4 rings (SSSR count). The van der Waals surface area contributed by atoms with Gasteiger partial charge in [0.1, 0.15) is 5.82 Å². The Balaban J connectivity index is 1.50. The van der Waals surface area contributed by atoms with Crippen LogP contribution in [-0.4, -0.2) is 42.1 Å². The van der Waals surface area contributed by atoms with Crippen molar-refractivity contribution in [1.82, 2.24) is 9.99 Å². The van der Waals surface area contributed by atoms with Crippen molar-refractivity contribution < 1.29 is 9.59 Å². The Morgan fingerprint density at radius 2 is 1.58 bits per heavy atom. The Morgan fingerprint density at radius 3 is 2.31 bits per heavy atom. The third kappa shape index (κ3) is 6.14. The molecular weight excluding hydrogens is 474 g/mol. The van der Waals surface area contributed by atoms with E-state index in [2.05, 4.69) is 20.7 Å². The summed E-state index contributed by atoms with van der Waals surface area (Å²) in [5.74, 6) is -0.363. The van der Waals surface area contributed by atoms with E-state index in [1.807, 2.05) is 50.5 Å². The number of halogens is 1. The molecule has 0 aliphatic heterocycles. The summed E-state index contributed by atoms with van der Waals surface area (Å²) in [5, 5.41) is 12.1. The molecular formula is C28H24ClN5O2. The van der Waals surface area contributed by atoms with E-state index < -0.39 is 5.91 Å². The highest BCUT2D eigenvalue weighted by atomic mass is 35.5. The first-order chi connectivity index (χ1) is 17.4. The summed E-state index contributed by atoms with van der Waals surface area (Å²) >= 11 is 5.85. The number of carbonyl (C=O) groups is 2. The molecule has 0 aliphatic rings. The zero-order chi connectivity index (χ0) is 25.5. The molecule has 0 spiro atoms. The molecule has 7 nitrogen and oxygen atoms in total. The van der Waals surface area contributed by atoms with Gasteiger partial charge in [-0.3, -0.25) is 9.59 Å². The molecule has 1 heterocycles. The molecule has 0 radical (unpaired) electrons.